The van der Waals surface area contributed by atoms with E-state index in [1.165, 1.54) is 70.6 Å². The van der Waals surface area contributed by atoms with Gasteiger partial charge < -0.3 is 5.11 Å². The summed E-state index contributed by atoms with van der Waals surface area (Å²) in [6, 6.07) is 0. The molecule has 184 valence electrons. The average molecular weight is 443 g/mol. The number of hydrogen-bond acceptors (Lipinski definition) is 1. The summed E-state index contributed by atoms with van der Waals surface area (Å²) in [7, 11) is 0. The van der Waals surface area contributed by atoms with Gasteiger partial charge in [0.25, 0.3) is 0 Å². The molecule has 1 unspecified atom stereocenters. The molecule has 0 amide bonds. The highest BCUT2D eigenvalue weighted by Crippen LogP contribution is 2.67. The largest absolute Gasteiger partial charge is 0.390 e. The highest BCUT2D eigenvalue weighted by atomic mass is 16.3. The second kappa shape index (κ2) is 9.39. The molecule has 8 atom stereocenters. The topological polar surface area (TPSA) is 20.2 Å². The number of allylic oxidation sites excluding steroid dienone is 1. The fraction of sp³-hybridized carbons (Fsp3) is 0.935. The van der Waals surface area contributed by atoms with Crippen LogP contribution in [0.1, 0.15) is 131 Å². The van der Waals surface area contributed by atoms with Crippen molar-refractivity contribution < 1.29 is 5.11 Å². The van der Waals surface area contributed by atoms with E-state index in [0.29, 0.717) is 10.8 Å². The van der Waals surface area contributed by atoms with Gasteiger partial charge in [-0.05, 0) is 104 Å². The summed E-state index contributed by atoms with van der Waals surface area (Å²) < 4.78 is 0. The molecule has 3 fully saturated rings. The Balaban J connectivity index is 1.47. The quantitative estimate of drug-likeness (QED) is 0.372. The second-order valence-electron chi connectivity index (χ2n) is 13.8. The molecular formula is C31H54O. The maximum atomic E-state index is 11.3. The van der Waals surface area contributed by atoms with Gasteiger partial charge in [-0.3, -0.25) is 0 Å². The standard InChI is InChI=1S/C31H54O/c1-7-8-17-31(32)20-19-29(5)24(21-31)12-13-25-27-15-14-26(23(4)11-9-10-22(2)3)30(27,6)18-16-28(25)29/h12,22-23,25-28,32H,7-11,13-21H2,1-6H3/t23-,25+,26-,27+,28+,29+,30-,31?/m1/s1. The Morgan fingerprint density at radius 2 is 1.75 bits per heavy atom. The van der Waals surface area contributed by atoms with E-state index in [4.69, 9.17) is 0 Å². The molecule has 0 saturated heterocycles. The van der Waals surface area contributed by atoms with E-state index in [1.54, 1.807) is 5.57 Å². The fourth-order valence-electron chi connectivity index (χ4n) is 9.46. The number of rotatable bonds is 8. The van der Waals surface area contributed by atoms with Gasteiger partial charge in [0.1, 0.15) is 0 Å². The minimum absolute atomic E-state index is 0.365. The molecule has 4 aliphatic carbocycles. The Morgan fingerprint density at radius 3 is 2.47 bits per heavy atom. The van der Waals surface area contributed by atoms with Gasteiger partial charge in [0.05, 0.1) is 5.60 Å². The van der Waals surface area contributed by atoms with Crippen LogP contribution in [0.4, 0.5) is 0 Å². The molecule has 4 rings (SSSR count). The molecule has 0 spiro atoms. The highest BCUT2D eigenvalue weighted by molar-refractivity contribution is 5.27. The molecule has 0 aromatic heterocycles. The highest BCUT2D eigenvalue weighted by Gasteiger charge is 2.59. The SMILES string of the molecule is CCCCC1(O)CC[C@@]2(C)C(=CC[C@H]3[C@@H]4CC[C@H]([C@H](C)CCCC(C)C)[C@@]4(C)CC[C@@H]32)C1. The first kappa shape index (κ1) is 24.8. The Hall–Kier alpha value is -0.300. The van der Waals surface area contributed by atoms with Crippen LogP contribution in [0.3, 0.4) is 0 Å². The van der Waals surface area contributed by atoms with Crippen LogP contribution in [0.25, 0.3) is 0 Å². The molecule has 32 heavy (non-hydrogen) atoms. The molecule has 0 heterocycles. The van der Waals surface area contributed by atoms with Gasteiger partial charge in [0.15, 0.2) is 0 Å². The maximum absolute atomic E-state index is 11.3. The van der Waals surface area contributed by atoms with Crippen LogP contribution in [0.15, 0.2) is 11.6 Å². The molecule has 0 bridgehead atoms. The minimum atomic E-state index is -0.415. The first-order valence-electron chi connectivity index (χ1n) is 14.5. The maximum Gasteiger partial charge on any atom is 0.0685 e. The van der Waals surface area contributed by atoms with E-state index in [2.05, 4.69) is 47.6 Å². The number of fused-ring (bicyclic) bond motifs is 5. The van der Waals surface area contributed by atoms with Crippen molar-refractivity contribution >= 4 is 0 Å². The molecule has 0 radical (unpaired) electrons. The first-order valence-corrected chi connectivity index (χ1v) is 14.5. The summed E-state index contributed by atoms with van der Waals surface area (Å²) in [4.78, 5) is 0. The lowest BCUT2D eigenvalue weighted by molar-refractivity contribution is -0.0770. The molecule has 1 nitrogen and oxygen atoms in total. The molecule has 4 aliphatic rings. The lowest BCUT2D eigenvalue weighted by atomic mass is 9.46. The summed E-state index contributed by atoms with van der Waals surface area (Å²) in [5.74, 6) is 5.40. The van der Waals surface area contributed by atoms with Crippen LogP contribution >= 0.6 is 0 Å². The summed E-state index contributed by atoms with van der Waals surface area (Å²) in [5.41, 5.74) is 2.17. The second-order valence-corrected chi connectivity index (χ2v) is 13.8. The Labute approximate surface area is 200 Å². The van der Waals surface area contributed by atoms with Crippen LogP contribution in [-0.2, 0) is 0 Å². The molecule has 0 aliphatic heterocycles. The van der Waals surface area contributed by atoms with Crippen molar-refractivity contribution in [3.8, 4) is 0 Å². The number of hydrogen-bond donors (Lipinski definition) is 1. The Bertz CT molecular complexity index is 678. The smallest absolute Gasteiger partial charge is 0.0685 e. The van der Waals surface area contributed by atoms with Gasteiger partial charge in [-0.15, -0.1) is 0 Å². The normalized spacial score (nSPS) is 44.6. The lowest BCUT2D eigenvalue weighted by Crippen LogP contribution is -2.52. The van der Waals surface area contributed by atoms with Gasteiger partial charge in [0.2, 0.25) is 0 Å². The van der Waals surface area contributed by atoms with E-state index < -0.39 is 5.60 Å². The van der Waals surface area contributed by atoms with Crippen LogP contribution in [0, 0.1) is 46.3 Å². The van der Waals surface area contributed by atoms with Crippen molar-refractivity contribution in [2.45, 2.75) is 137 Å². The molecule has 0 aromatic carbocycles. The van der Waals surface area contributed by atoms with Gasteiger partial charge in [-0.2, -0.15) is 0 Å². The predicted octanol–water partition coefficient (Wildman–Crippen LogP) is 8.95. The van der Waals surface area contributed by atoms with E-state index in [-0.39, 0.29) is 0 Å². The van der Waals surface area contributed by atoms with Gasteiger partial charge in [0, 0.05) is 0 Å². The lowest BCUT2D eigenvalue weighted by Gasteiger charge is -2.59. The summed E-state index contributed by atoms with van der Waals surface area (Å²) >= 11 is 0. The molecule has 1 N–H and O–H groups in total. The first-order chi connectivity index (χ1) is 15.1. The molecule has 0 aromatic rings. The van der Waals surface area contributed by atoms with Crippen molar-refractivity contribution in [2.75, 3.05) is 0 Å². The van der Waals surface area contributed by atoms with Crippen LogP contribution in [-0.4, -0.2) is 10.7 Å². The van der Waals surface area contributed by atoms with Crippen LogP contribution in [0.5, 0.6) is 0 Å². The number of aliphatic hydroxyl groups is 1. The summed E-state index contributed by atoms with van der Waals surface area (Å²) in [6.07, 6.45) is 20.7. The molecule has 3 saturated carbocycles. The zero-order chi connectivity index (χ0) is 23.1. The summed E-state index contributed by atoms with van der Waals surface area (Å²) in [5, 5.41) is 11.3. The predicted molar refractivity (Wildman–Crippen MR) is 138 cm³/mol. The van der Waals surface area contributed by atoms with Gasteiger partial charge in [-0.1, -0.05) is 85.3 Å². The van der Waals surface area contributed by atoms with Crippen LogP contribution < -0.4 is 0 Å². The Kier molecular flexibility index (Phi) is 7.28. The monoisotopic (exact) mass is 442 g/mol. The third kappa shape index (κ3) is 4.38. The minimum Gasteiger partial charge on any atom is -0.390 e. The van der Waals surface area contributed by atoms with Gasteiger partial charge in [-0.25, -0.2) is 0 Å². The van der Waals surface area contributed by atoms with Gasteiger partial charge >= 0.3 is 0 Å². The molecule has 1 heteroatoms. The zero-order valence-electron chi connectivity index (χ0n) is 22.4. The van der Waals surface area contributed by atoms with E-state index in [0.717, 1.165) is 54.8 Å². The third-order valence-corrected chi connectivity index (χ3v) is 11.5. The summed E-state index contributed by atoms with van der Waals surface area (Å²) in [6.45, 7) is 14.9. The van der Waals surface area contributed by atoms with E-state index >= 15 is 0 Å². The van der Waals surface area contributed by atoms with Crippen molar-refractivity contribution in [1.29, 1.82) is 0 Å². The Morgan fingerprint density at radius 1 is 0.969 bits per heavy atom. The fourth-order valence-corrected chi connectivity index (χ4v) is 9.46. The van der Waals surface area contributed by atoms with E-state index in [9.17, 15) is 5.11 Å². The van der Waals surface area contributed by atoms with Crippen molar-refractivity contribution in [3.63, 3.8) is 0 Å². The number of unbranched alkanes of at least 4 members (excludes halogenated alkanes) is 1. The molecular weight excluding hydrogens is 388 g/mol. The van der Waals surface area contributed by atoms with Crippen molar-refractivity contribution in [1.82, 2.24) is 0 Å². The van der Waals surface area contributed by atoms with Crippen LogP contribution in [0.2, 0.25) is 0 Å². The van der Waals surface area contributed by atoms with Crippen molar-refractivity contribution in [2.24, 2.45) is 46.3 Å². The van der Waals surface area contributed by atoms with Crippen molar-refractivity contribution in [3.05, 3.63) is 11.6 Å². The third-order valence-electron chi connectivity index (χ3n) is 11.5. The zero-order valence-corrected chi connectivity index (χ0v) is 22.4. The average Bonchev–Trinajstić information content (AvgIpc) is 3.10. The van der Waals surface area contributed by atoms with E-state index in [1.807, 2.05) is 0 Å².